The van der Waals surface area contributed by atoms with Crippen LogP contribution in [0.2, 0.25) is 0 Å². The third kappa shape index (κ3) is 5.84. The summed E-state index contributed by atoms with van der Waals surface area (Å²) in [5.41, 5.74) is 6.50. The van der Waals surface area contributed by atoms with Gasteiger partial charge in [-0.3, -0.25) is 9.69 Å². The van der Waals surface area contributed by atoms with Crippen molar-refractivity contribution in [2.24, 2.45) is 4.99 Å². The molecule has 2 heterocycles. The predicted octanol–water partition coefficient (Wildman–Crippen LogP) is 6.65. The summed E-state index contributed by atoms with van der Waals surface area (Å²) in [6.07, 6.45) is 1.98. The molecular formula is C30H35N3O3S. The molecule has 2 aromatic carbocycles. The van der Waals surface area contributed by atoms with Gasteiger partial charge in [-0.15, -0.1) is 0 Å². The second kappa shape index (κ2) is 11.0. The van der Waals surface area contributed by atoms with Gasteiger partial charge >= 0.3 is 0 Å². The number of ether oxygens (including phenoxy) is 2. The molecule has 194 valence electrons. The lowest BCUT2D eigenvalue weighted by molar-refractivity contribution is -0.122. The first-order valence-electron chi connectivity index (χ1n) is 12.4. The van der Waals surface area contributed by atoms with Crippen LogP contribution in [0, 0.1) is 13.8 Å². The van der Waals surface area contributed by atoms with Crippen LogP contribution in [0.1, 0.15) is 43.3 Å². The van der Waals surface area contributed by atoms with E-state index < -0.39 is 0 Å². The van der Waals surface area contributed by atoms with Gasteiger partial charge in [0.25, 0.3) is 5.91 Å². The van der Waals surface area contributed by atoms with Crippen LogP contribution in [0.25, 0.3) is 11.8 Å². The van der Waals surface area contributed by atoms with Crippen molar-refractivity contribution in [3.63, 3.8) is 0 Å². The van der Waals surface area contributed by atoms with Gasteiger partial charge < -0.3 is 14.0 Å². The van der Waals surface area contributed by atoms with Crippen molar-refractivity contribution in [1.29, 1.82) is 0 Å². The number of aromatic nitrogens is 1. The number of amides is 1. The maximum absolute atomic E-state index is 13.4. The van der Waals surface area contributed by atoms with Crippen LogP contribution in [-0.4, -0.2) is 47.9 Å². The molecule has 0 saturated carbocycles. The lowest BCUT2D eigenvalue weighted by atomic mass is 9.87. The number of benzene rings is 2. The molecule has 6 nitrogen and oxygen atoms in total. The average molecular weight is 518 g/mol. The van der Waals surface area contributed by atoms with E-state index in [1.165, 1.54) is 17.3 Å². The number of hydrogen-bond acceptors (Lipinski definition) is 5. The molecule has 0 N–H and O–H groups in total. The van der Waals surface area contributed by atoms with Crippen LogP contribution in [0.5, 0.6) is 5.75 Å². The van der Waals surface area contributed by atoms with Crippen LogP contribution >= 0.6 is 11.8 Å². The summed E-state index contributed by atoms with van der Waals surface area (Å²) in [5, 5.41) is 0.644. The molecule has 1 amide bonds. The molecule has 3 aromatic rings. The van der Waals surface area contributed by atoms with Gasteiger partial charge in [-0.1, -0.05) is 32.9 Å². The second-order valence-electron chi connectivity index (χ2n) is 10.1. The van der Waals surface area contributed by atoms with Crippen LogP contribution in [-0.2, 0) is 14.9 Å². The van der Waals surface area contributed by atoms with E-state index in [-0.39, 0.29) is 11.3 Å². The fraction of sp³-hybridized carbons (Fsp3) is 0.333. The first kappa shape index (κ1) is 26.8. The van der Waals surface area contributed by atoms with Gasteiger partial charge in [0, 0.05) is 24.2 Å². The molecule has 0 bridgehead atoms. The Morgan fingerprint density at radius 1 is 1.00 bits per heavy atom. The van der Waals surface area contributed by atoms with E-state index >= 15 is 0 Å². The Bertz CT molecular complexity index is 1330. The number of hydrogen-bond donors (Lipinski definition) is 0. The van der Waals surface area contributed by atoms with Crippen molar-refractivity contribution < 1.29 is 14.3 Å². The van der Waals surface area contributed by atoms with E-state index in [9.17, 15) is 4.79 Å². The number of amidine groups is 1. The van der Waals surface area contributed by atoms with Crippen molar-refractivity contribution in [3.8, 4) is 11.4 Å². The number of aryl methyl sites for hydroxylation is 1. The van der Waals surface area contributed by atoms with Crippen molar-refractivity contribution in [3.05, 3.63) is 82.0 Å². The largest absolute Gasteiger partial charge is 0.497 e. The van der Waals surface area contributed by atoms with Crippen LogP contribution < -0.4 is 4.74 Å². The zero-order valence-corrected chi connectivity index (χ0v) is 23.5. The highest BCUT2D eigenvalue weighted by atomic mass is 32.2. The molecular weight excluding hydrogens is 482 g/mol. The maximum Gasteiger partial charge on any atom is 0.266 e. The minimum absolute atomic E-state index is 0.0614. The molecule has 0 aliphatic carbocycles. The average Bonchev–Trinajstić information content (AvgIpc) is 3.31. The zero-order chi connectivity index (χ0) is 26.7. The highest BCUT2D eigenvalue weighted by Gasteiger charge is 2.33. The number of nitrogens with zero attached hydrogens (tertiary/aromatic N) is 3. The van der Waals surface area contributed by atoms with E-state index in [0.29, 0.717) is 23.2 Å². The number of methoxy groups -OCH3 is 2. The Labute approximate surface area is 224 Å². The predicted molar refractivity (Wildman–Crippen MR) is 153 cm³/mol. The Kier molecular flexibility index (Phi) is 7.95. The summed E-state index contributed by atoms with van der Waals surface area (Å²) in [6, 6.07) is 18.3. The molecule has 1 aliphatic heterocycles. The molecule has 37 heavy (non-hydrogen) atoms. The second-order valence-corrected chi connectivity index (χ2v) is 11.1. The van der Waals surface area contributed by atoms with Crippen molar-refractivity contribution in [2.75, 3.05) is 27.4 Å². The molecule has 1 aromatic heterocycles. The third-order valence-electron chi connectivity index (χ3n) is 6.45. The molecule has 7 heteroatoms. The van der Waals surface area contributed by atoms with Gasteiger partial charge in [0.05, 0.1) is 30.9 Å². The highest BCUT2D eigenvalue weighted by molar-refractivity contribution is 8.18. The number of rotatable bonds is 7. The summed E-state index contributed by atoms with van der Waals surface area (Å²) in [5.74, 6) is 0.702. The number of carbonyl (C=O) groups excluding carboxylic acids is 1. The van der Waals surface area contributed by atoms with Crippen LogP contribution in [0.3, 0.4) is 0 Å². The molecule has 0 spiro atoms. The summed E-state index contributed by atoms with van der Waals surface area (Å²) in [7, 11) is 3.27. The molecule has 4 rings (SSSR count). The Morgan fingerprint density at radius 3 is 2.27 bits per heavy atom. The van der Waals surface area contributed by atoms with Gasteiger partial charge in [0.15, 0.2) is 5.17 Å². The smallest absolute Gasteiger partial charge is 0.266 e. The summed E-state index contributed by atoms with van der Waals surface area (Å²) in [4.78, 5) is 20.5. The van der Waals surface area contributed by atoms with Crippen LogP contribution in [0.15, 0.2) is 64.5 Å². The maximum atomic E-state index is 13.4. The van der Waals surface area contributed by atoms with Crippen molar-refractivity contribution >= 4 is 34.6 Å². The minimum atomic E-state index is -0.0614. The molecule has 1 saturated heterocycles. The number of carbonyl (C=O) groups is 1. The van der Waals surface area contributed by atoms with Crippen molar-refractivity contribution in [1.82, 2.24) is 9.47 Å². The topological polar surface area (TPSA) is 56.1 Å². The van der Waals surface area contributed by atoms with Gasteiger partial charge in [-0.05, 0) is 90.7 Å². The van der Waals surface area contributed by atoms with Gasteiger partial charge in [0.1, 0.15) is 5.75 Å². The molecule has 0 radical (unpaired) electrons. The fourth-order valence-corrected chi connectivity index (χ4v) is 5.34. The highest BCUT2D eigenvalue weighted by Crippen LogP contribution is 2.35. The zero-order valence-electron chi connectivity index (χ0n) is 22.7. The molecule has 1 fully saturated rings. The first-order valence-corrected chi connectivity index (χ1v) is 13.2. The third-order valence-corrected chi connectivity index (χ3v) is 7.46. The van der Waals surface area contributed by atoms with E-state index in [2.05, 4.69) is 69.5 Å². The number of aliphatic imine (C=N–C) groups is 1. The standard InChI is InChI=1S/C30H35N3O3S/c1-20-18-22(21(2)33(20)25-12-8-23(9-13-25)30(3,4)5)19-27-28(34)32(16-17-35-6)29(37-27)31-24-10-14-26(36-7)15-11-24/h8-15,18-19H,16-17H2,1-7H3/b27-19-,31-29?. The summed E-state index contributed by atoms with van der Waals surface area (Å²) in [6.45, 7) is 11.7. The minimum Gasteiger partial charge on any atom is -0.497 e. The van der Waals surface area contributed by atoms with Crippen LogP contribution in [0.4, 0.5) is 5.69 Å². The Morgan fingerprint density at radius 2 is 1.68 bits per heavy atom. The van der Waals surface area contributed by atoms with E-state index in [4.69, 9.17) is 14.5 Å². The molecule has 0 unspecified atom stereocenters. The van der Waals surface area contributed by atoms with E-state index in [1.807, 2.05) is 30.3 Å². The number of thioether (sulfide) groups is 1. The summed E-state index contributed by atoms with van der Waals surface area (Å²) < 4.78 is 12.7. The first-order chi connectivity index (χ1) is 17.6. The fourth-order valence-electron chi connectivity index (χ4n) is 4.32. The SMILES string of the molecule is COCCN1C(=O)/C(=C/c2cc(C)n(-c3ccc(C(C)(C)C)cc3)c2C)SC1=Nc1ccc(OC)cc1. The van der Waals surface area contributed by atoms with Gasteiger partial charge in [-0.2, -0.15) is 0 Å². The molecule has 0 atom stereocenters. The van der Waals surface area contributed by atoms with Crippen molar-refractivity contribution in [2.45, 2.75) is 40.0 Å². The Hall–Kier alpha value is -3.29. The lowest BCUT2D eigenvalue weighted by Crippen LogP contribution is -2.32. The van der Waals surface area contributed by atoms with Gasteiger partial charge in [0.2, 0.25) is 0 Å². The Balaban J connectivity index is 1.66. The quantitative estimate of drug-likeness (QED) is 0.329. The lowest BCUT2D eigenvalue weighted by Gasteiger charge is -2.20. The normalized spacial score (nSPS) is 16.3. The molecule has 1 aliphatic rings. The van der Waals surface area contributed by atoms with E-state index in [1.54, 1.807) is 19.1 Å². The van der Waals surface area contributed by atoms with Gasteiger partial charge in [-0.25, -0.2) is 4.99 Å². The summed E-state index contributed by atoms with van der Waals surface area (Å²) >= 11 is 1.39. The monoisotopic (exact) mass is 517 g/mol. The van der Waals surface area contributed by atoms with E-state index in [0.717, 1.165) is 34.1 Å².